The predicted molar refractivity (Wildman–Crippen MR) is 106 cm³/mol. The first-order valence-electron chi connectivity index (χ1n) is 9.26. The topological polar surface area (TPSA) is 46.3 Å². The number of primary amides is 1. The first kappa shape index (κ1) is 21.8. The number of aryl methyl sites for hydroxylation is 2. The fourth-order valence-electron chi connectivity index (χ4n) is 3.38. The highest BCUT2D eigenvalue weighted by molar-refractivity contribution is 5.57. The number of amides is 1. The van der Waals surface area contributed by atoms with Crippen LogP contribution in [0.4, 0.5) is 18.9 Å². The van der Waals surface area contributed by atoms with Gasteiger partial charge in [0, 0.05) is 18.8 Å². The molecule has 1 heterocycles. The van der Waals surface area contributed by atoms with Crippen LogP contribution < -0.4 is 10.6 Å². The molecule has 0 spiro atoms. The maximum atomic E-state index is 13.2. The van der Waals surface area contributed by atoms with Gasteiger partial charge in [-0.3, -0.25) is 4.79 Å². The molecule has 2 aromatic rings. The van der Waals surface area contributed by atoms with Crippen molar-refractivity contribution >= 4 is 12.1 Å². The largest absolute Gasteiger partial charge is 0.397 e. The molecule has 0 saturated heterocycles. The van der Waals surface area contributed by atoms with Gasteiger partial charge in [-0.15, -0.1) is 0 Å². The van der Waals surface area contributed by atoms with Gasteiger partial charge in [0.25, 0.3) is 0 Å². The number of nitrogens with zero attached hydrogens (tertiary/aromatic N) is 1. The van der Waals surface area contributed by atoms with Gasteiger partial charge in [0.05, 0.1) is 5.41 Å². The molecule has 1 amide bonds. The molecule has 0 bridgehead atoms. The van der Waals surface area contributed by atoms with Gasteiger partial charge in [0.2, 0.25) is 6.41 Å². The third-order valence-corrected chi connectivity index (χ3v) is 5.21. The smallest absolute Gasteiger partial charge is 0.372 e. The Labute approximate surface area is 164 Å². The lowest BCUT2D eigenvalue weighted by Crippen LogP contribution is -2.36. The quantitative estimate of drug-likeness (QED) is 0.756. The maximum absolute atomic E-state index is 13.2. The van der Waals surface area contributed by atoms with Crippen molar-refractivity contribution in [2.45, 2.75) is 51.7 Å². The molecule has 0 radical (unpaired) electrons. The molecule has 28 heavy (non-hydrogen) atoms. The lowest BCUT2D eigenvalue weighted by molar-refractivity contribution is -0.180. The summed E-state index contributed by atoms with van der Waals surface area (Å²) in [6.07, 6.45) is -1.81. The number of halogens is 3. The van der Waals surface area contributed by atoms with Crippen LogP contribution in [0, 0.1) is 6.92 Å². The Balaban J connectivity index is 0.000000878. The first-order chi connectivity index (χ1) is 13.1. The van der Waals surface area contributed by atoms with Crippen molar-refractivity contribution in [3.63, 3.8) is 0 Å². The molecule has 0 atom stereocenters. The summed E-state index contributed by atoms with van der Waals surface area (Å²) >= 11 is 0. The Morgan fingerprint density at radius 1 is 1.11 bits per heavy atom. The highest BCUT2D eigenvalue weighted by Crippen LogP contribution is 2.40. The van der Waals surface area contributed by atoms with Gasteiger partial charge in [0.1, 0.15) is 0 Å². The van der Waals surface area contributed by atoms with E-state index in [-0.39, 0.29) is 6.41 Å². The monoisotopic (exact) mass is 392 g/mol. The van der Waals surface area contributed by atoms with Crippen LogP contribution in [-0.2, 0) is 23.2 Å². The van der Waals surface area contributed by atoms with E-state index in [4.69, 9.17) is 4.79 Å². The minimum atomic E-state index is -4.25. The fourth-order valence-corrected chi connectivity index (χ4v) is 3.38. The molecule has 3 rings (SSSR count). The molecular formula is C22H27F3N2O. The summed E-state index contributed by atoms with van der Waals surface area (Å²) in [6.45, 7) is 6.26. The summed E-state index contributed by atoms with van der Waals surface area (Å²) < 4.78 is 39.5. The van der Waals surface area contributed by atoms with Crippen molar-refractivity contribution < 1.29 is 18.0 Å². The van der Waals surface area contributed by atoms with Crippen LogP contribution in [0.2, 0.25) is 0 Å². The van der Waals surface area contributed by atoms with Crippen molar-refractivity contribution in [2.75, 3.05) is 11.4 Å². The van der Waals surface area contributed by atoms with E-state index in [0.29, 0.717) is 5.56 Å². The molecule has 2 aromatic carbocycles. The second-order valence-electron chi connectivity index (χ2n) is 7.61. The molecule has 2 N–H and O–H groups in total. The first-order valence-corrected chi connectivity index (χ1v) is 9.26. The molecule has 3 nitrogen and oxygen atoms in total. The van der Waals surface area contributed by atoms with Crippen LogP contribution >= 0.6 is 0 Å². The summed E-state index contributed by atoms with van der Waals surface area (Å²) in [6, 6.07) is 13.4. The lowest BCUT2D eigenvalue weighted by Gasteiger charge is -2.32. The molecule has 0 fully saturated rings. The average molecular weight is 392 g/mol. The Morgan fingerprint density at radius 3 is 2.29 bits per heavy atom. The van der Waals surface area contributed by atoms with Gasteiger partial charge in [-0.05, 0) is 56.4 Å². The van der Waals surface area contributed by atoms with Gasteiger partial charge in [0.15, 0.2) is 0 Å². The van der Waals surface area contributed by atoms with Crippen LogP contribution in [0.1, 0.15) is 42.5 Å². The summed E-state index contributed by atoms with van der Waals surface area (Å²) in [5, 5.41) is 0. The van der Waals surface area contributed by atoms with E-state index >= 15 is 0 Å². The van der Waals surface area contributed by atoms with E-state index in [9.17, 15) is 13.2 Å². The number of rotatable bonds is 3. The number of benzene rings is 2. The van der Waals surface area contributed by atoms with Crippen molar-refractivity contribution in [3.05, 3.63) is 64.7 Å². The molecule has 0 aliphatic carbocycles. The normalized spacial score (nSPS) is 14.0. The van der Waals surface area contributed by atoms with E-state index in [1.807, 2.05) is 12.1 Å². The summed E-state index contributed by atoms with van der Waals surface area (Å²) in [5.41, 5.74) is 7.55. The van der Waals surface area contributed by atoms with Crippen molar-refractivity contribution in [1.82, 2.24) is 0 Å². The van der Waals surface area contributed by atoms with Crippen LogP contribution in [0.15, 0.2) is 42.5 Å². The third kappa shape index (κ3) is 4.86. The van der Waals surface area contributed by atoms with Crippen LogP contribution in [0.5, 0.6) is 0 Å². The Bertz CT molecular complexity index is 798. The zero-order chi connectivity index (χ0) is 20.9. The lowest BCUT2D eigenvalue weighted by atomic mass is 9.83. The van der Waals surface area contributed by atoms with E-state index in [2.05, 4.69) is 35.8 Å². The highest BCUT2D eigenvalue weighted by atomic mass is 19.4. The minimum absolute atomic E-state index is 0.250. The van der Waals surface area contributed by atoms with Gasteiger partial charge >= 0.3 is 6.18 Å². The zero-order valence-electron chi connectivity index (χ0n) is 16.5. The number of hydrogen-bond donors (Lipinski definition) is 1. The number of carbonyl (C=O) groups is 1. The minimum Gasteiger partial charge on any atom is -0.372 e. The molecular weight excluding hydrogens is 365 g/mol. The Hall–Kier alpha value is -2.50. The van der Waals surface area contributed by atoms with E-state index in [1.165, 1.54) is 30.7 Å². The zero-order valence-corrected chi connectivity index (χ0v) is 16.5. The molecule has 0 saturated carbocycles. The molecule has 152 valence electrons. The number of nitrogens with two attached hydrogens (primary N) is 1. The SMILES string of the molecule is Cc1ccc2c(c1)CCCN2Cc1ccc(C(C)(C)C(F)(F)F)cc1.NC=O. The fraction of sp³-hybridized carbons (Fsp3) is 0.409. The Kier molecular flexibility index (Phi) is 6.75. The average Bonchev–Trinajstić information content (AvgIpc) is 2.62. The second-order valence-corrected chi connectivity index (χ2v) is 7.61. The van der Waals surface area contributed by atoms with E-state index < -0.39 is 11.6 Å². The maximum Gasteiger partial charge on any atom is 0.397 e. The summed E-state index contributed by atoms with van der Waals surface area (Å²) in [4.78, 5) is 10.9. The van der Waals surface area contributed by atoms with Crippen LogP contribution in [0.25, 0.3) is 0 Å². The highest BCUT2D eigenvalue weighted by Gasteiger charge is 2.48. The number of carbonyl (C=O) groups excluding carboxylic acids is 1. The summed E-state index contributed by atoms with van der Waals surface area (Å²) in [7, 11) is 0. The summed E-state index contributed by atoms with van der Waals surface area (Å²) in [5.74, 6) is 0. The van der Waals surface area contributed by atoms with Crippen molar-refractivity contribution in [2.24, 2.45) is 5.73 Å². The van der Waals surface area contributed by atoms with Gasteiger partial charge in [-0.1, -0.05) is 42.0 Å². The van der Waals surface area contributed by atoms with Gasteiger partial charge in [-0.25, -0.2) is 0 Å². The van der Waals surface area contributed by atoms with E-state index in [1.54, 1.807) is 12.1 Å². The molecule has 1 aliphatic heterocycles. The van der Waals surface area contributed by atoms with Gasteiger partial charge < -0.3 is 10.6 Å². The van der Waals surface area contributed by atoms with Crippen LogP contribution in [0.3, 0.4) is 0 Å². The van der Waals surface area contributed by atoms with Crippen molar-refractivity contribution in [1.29, 1.82) is 0 Å². The van der Waals surface area contributed by atoms with Gasteiger partial charge in [-0.2, -0.15) is 13.2 Å². The molecule has 0 aromatic heterocycles. The van der Waals surface area contributed by atoms with Crippen molar-refractivity contribution in [3.8, 4) is 0 Å². The second kappa shape index (κ2) is 8.67. The molecule has 0 unspecified atom stereocenters. The van der Waals surface area contributed by atoms with E-state index in [0.717, 1.165) is 31.5 Å². The number of alkyl halides is 3. The number of fused-ring (bicyclic) bond motifs is 1. The Morgan fingerprint density at radius 2 is 1.71 bits per heavy atom. The standard InChI is InChI=1S/C21H24F3N.CH3NO/c1-15-6-11-19-17(13-15)5-4-12-25(19)14-16-7-9-18(10-8-16)20(2,3)21(22,23)24;2-1-3/h6-11,13H,4-5,12,14H2,1-3H3;1H,(H2,2,3). The van der Waals surface area contributed by atoms with Crippen LogP contribution in [-0.4, -0.2) is 19.1 Å². The molecule has 1 aliphatic rings. The third-order valence-electron chi connectivity index (χ3n) is 5.21. The predicted octanol–water partition coefficient (Wildman–Crippen LogP) is 4.89. The number of hydrogen-bond acceptors (Lipinski definition) is 2. The number of anilines is 1. The molecule has 6 heteroatoms.